The highest BCUT2D eigenvalue weighted by Crippen LogP contribution is 2.39. The molecule has 0 bridgehead atoms. The van der Waals surface area contributed by atoms with Crippen LogP contribution in [0, 0.1) is 0 Å². The van der Waals surface area contributed by atoms with Gasteiger partial charge in [-0.1, -0.05) is 164 Å². The summed E-state index contributed by atoms with van der Waals surface area (Å²) in [4.78, 5) is 10.9. The third kappa shape index (κ3) is 5.53. The summed E-state index contributed by atoms with van der Waals surface area (Å²) in [6, 6.07) is 78.0. The van der Waals surface area contributed by atoms with Crippen molar-refractivity contribution in [3.05, 3.63) is 218 Å². The lowest BCUT2D eigenvalue weighted by Gasteiger charge is -2.14. The molecule has 280 valence electrons. The lowest BCUT2D eigenvalue weighted by atomic mass is 9.97. The molecule has 0 fully saturated rings. The van der Waals surface area contributed by atoms with E-state index < -0.39 is 0 Å². The maximum Gasteiger partial charge on any atom is 0.235 e. The minimum Gasteiger partial charge on any atom is -0.309 e. The van der Waals surface area contributed by atoms with Gasteiger partial charge in [0.2, 0.25) is 5.95 Å². The Morgan fingerprint density at radius 3 is 1.40 bits per heavy atom. The van der Waals surface area contributed by atoms with Gasteiger partial charge in [0.1, 0.15) is 0 Å². The molecule has 0 N–H and O–H groups in total. The van der Waals surface area contributed by atoms with Crippen LogP contribution < -0.4 is 0 Å². The molecule has 12 aromatic rings. The zero-order valence-electron chi connectivity index (χ0n) is 32.6. The van der Waals surface area contributed by atoms with Crippen LogP contribution in [0.15, 0.2) is 218 Å². The van der Waals surface area contributed by atoms with Crippen molar-refractivity contribution in [3.8, 4) is 56.3 Å². The van der Waals surface area contributed by atoms with Gasteiger partial charge in [0, 0.05) is 38.2 Å². The van der Waals surface area contributed by atoms with Crippen LogP contribution in [0.1, 0.15) is 0 Å². The van der Waals surface area contributed by atoms with E-state index >= 15 is 0 Å². The van der Waals surface area contributed by atoms with E-state index in [9.17, 15) is 0 Å². The molecule has 0 atom stereocenters. The fraction of sp³-hybridized carbons (Fsp3) is 0. The highest BCUT2D eigenvalue weighted by molar-refractivity contribution is 6.12. The van der Waals surface area contributed by atoms with Gasteiger partial charge in [-0.15, -0.1) is 0 Å². The first-order valence-corrected chi connectivity index (χ1v) is 20.4. The smallest absolute Gasteiger partial charge is 0.235 e. The maximum atomic E-state index is 5.51. The number of nitrogens with zero attached hydrogens (tertiary/aromatic N) is 4. The standard InChI is InChI=1S/C56H36N4/c1-3-14-37(15-4-1)39-26-28-40(29-27-39)41-18-13-19-43(34-41)55-48-32-30-42(38-16-5-2-6-17-38)35-50(48)57-56(58-55)60-53-25-12-9-22-47(53)49-36-44(31-33-54(49)60)59-51-23-10-7-20-45(51)46-21-8-11-24-52(46)59/h1-36H. The van der Waals surface area contributed by atoms with Gasteiger partial charge in [-0.3, -0.25) is 4.57 Å². The topological polar surface area (TPSA) is 35.6 Å². The van der Waals surface area contributed by atoms with Gasteiger partial charge < -0.3 is 4.57 Å². The summed E-state index contributed by atoms with van der Waals surface area (Å²) >= 11 is 0. The number of hydrogen-bond donors (Lipinski definition) is 0. The number of aromatic nitrogens is 4. The number of fused-ring (bicyclic) bond motifs is 7. The Hall–Kier alpha value is -8.08. The average Bonchev–Trinajstić information content (AvgIpc) is 3.84. The van der Waals surface area contributed by atoms with Crippen LogP contribution in [-0.4, -0.2) is 19.1 Å². The lowest BCUT2D eigenvalue weighted by Crippen LogP contribution is -2.04. The molecule has 0 aliphatic rings. The molecule has 60 heavy (non-hydrogen) atoms. The van der Waals surface area contributed by atoms with Crippen molar-refractivity contribution < 1.29 is 0 Å². The van der Waals surface area contributed by atoms with E-state index in [1.54, 1.807) is 0 Å². The SMILES string of the molecule is c1ccc(-c2ccc(-c3cccc(-c4nc(-n5c6ccccc6c6cc(-n7c8ccccc8c8ccccc87)ccc65)nc5cc(-c6ccccc6)ccc45)c3)cc2)cc1. The Balaban J connectivity index is 1.06. The van der Waals surface area contributed by atoms with E-state index in [4.69, 9.17) is 9.97 Å². The summed E-state index contributed by atoms with van der Waals surface area (Å²) in [5.74, 6) is 0.635. The second kappa shape index (κ2) is 13.8. The molecule has 3 heterocycles. The molecule has 0 amide bonds. The Morgan fingerprint density at radius 1 is 0.267 bits per heavy atom. The normalized spacial score (nSPS) is 11.7. The minimum atomic E-state index is 0.635. The summed E-state index contributed by atoms with van der Waals surface area (Å²) in [5, 5.41) is 5.80. The summed E-state index contributed by atoms with van der Waals surface area (Å²) in [5.41, 5.74) is 15.4. The molecule has 12 rings (SSSR count). The molecule has 4 heteroatoms. The summed E-state index contributed by atoms with van der Waals surface area (Å²) < 4.78 is 4.62. The first kappa shape index (κ1) is 34.0. The maximum absolute atomic E-state index is 5.51. The van der Waals surface area contributed by atoms with Crippen molar-refractivity contribution in [1.29, 1.82) is 0 Å². The van der Waals surface area contributed by atoms with Gasteiger partial charge in [0.15, 0.2) is 0 Å². The van der Waals surface area contributed by atoms with E-state index in [1.165, 1.54) is 32.9 Å². The number of rotatable bonds is 6. The van der Waals surface area contributed by atoms with Gasteiger partial charge in [-0.25, -0.2) is 9.97 Å². The Morgan fingerprint density at radius 2 is 0.733 bits per heavy atom. The van der Waals surface area contributed by atoms with E-state index in [-0.39, 0.29) is 0 Å². The zero-order valence-corrected chi connectivity index (χ0v) is 32.6. The highest BCUT2D eigenvalue weighted by atomic mass is 15.2. The van der Waals surface area contributed by atoms with Crippen molar-refractivity contribution in [2.75, 3.05) is 0 Å². The van der Waals surface area contributed by atoms with Crippen LogP contribution in [0.25, 0.3) is 111 Å². The molecule has 4 nitrogen and oxygen atoms in total. The number of hydrogen-bond acceptors (Lipinski definition) is 2. The Labute approximate surface area is 346 Å². The van der Waals surface area contributed by atoms with Gasteiger partial charge in [0.25, 0.3) is 0 Å². The van der Waals surface area contributed by atoms with Crippen molar-refractivity contribution >= 4 is 54.5 Å². The minimum absolute atomic E-state index is 0.635. The average molecular weight is 765 g/mol. The third-order valence-electron chi connectivity index (χ3n) is 11.9. The molecule has 0 radical (unpaired) electrons. The molecule has 0 unspecified atom stereocenters. The number of benzene rings is 9. The fourth-order valence-corrected chi connectivity index (χ4v) is 9.10. The Bertz CT molecular complexity index is 3530. The molecule has 3 aromatic heterocycles. The molecule has 0 aliphatic carbocycles. The predicted molar refractivity (Wildman–Crippen MR) is 250 cm³/mol. The third-order valence-corrected chi connectivity index (χ3v) is 11.9. The van der Waals surface area contributed by atoms with E-state index in [0.29, 0.717) is 5.95 Å². The second-order valence-electron chi connectivity index (χ2n) is 15.4. The molecule has 9 aromatic carbocycles. The first-order valence-electron chi connectivity index (χ1n) is 20.4. The van der Waals surface area contributed by atoms with Crippen LogP contribution in [0.3, 0.4) is 0 Å². The van der Waals surface area contributed by atoms with E-state index in [2.05, 4.69) is 228 Å². The summed E-state index contributed by atoms with van der Waals surface area (Å²) in [7, 11) is 0. The molecule has 0 saturated heterocycles. The van der Waals surface area contributed by atoms with Crippen LogP contribution >= 0.6 is 0 Å². The molecule has 0 aliphatic heterocycles. The molecular formula is C56H36N4. The van der Waals surface area contributed by atoms with Crippen LogP contribution in [0.5, 0.6) is 0 Å². The summed E-state index contributed by atoms with van der Waals surface area (Å²) in [6.45, 7) is 0. The fourth-order valence-electron chi connectivity index (χ4n) is 9.10. The van der Waals surface area contributed by atoms with Gasteiger partial charge in [0.05, 0.1) is 33.3 Å². The predicted octanol–water partition coefficient (Wildman–Crippen LogP) is 14.5. The van der Waals surface area contributed by atoms with Crippen molar-refractivity contribution in [3.63, 3.8) is 0 Å². The lowest BCUT2D eigenvalue weighted by molar-refractivity contribution is 1.01. The molecule has 0 spiro atoms. The molecule has 0 saturated carbocycles. The van der Waals surface area contributed by atoms with E-state index in [1.807, 2.05) is 0 Å². The zero-order chi connectivity index (χ0) is 39.6. The largest absolute Gasteiger partial charge is 0.309 e. The van der Waals surface area contributed by atoms with Crippen molar-refractivity contribution in [2.45, 2.75) is 0 Å². The summed E-state index contributed by atoms with van der Waals surface area (Å²) in [6.07, 6.45) is 0. The van der Waals surface area contributed by atoms with Gasteiger partial charge in [-0.2, -0.15) is 0 Å². The quantitative estimate of drug-likeness (QED) is 0.169. The number of para-hydroxylation sites is 3. The van der Waals surface area contributed by atoms with Crippen molar-refractivity contribution in [2.24, 2.45) is 0 Å². The van der Waals surface area contributed by atoms with E-state index in [0.717, 1.165) is 71.9 Å². The molecular weight excluding hydrogens is 729 g/mol. The monoisotopic (exact) mass is 764 g/mol. The first-order chi connectivity index (χ1) is 29.7. The van der Waals surface area contributed by atoms with Crippen LogP contribution in [0.2, 0.25) is 0 Å². The van der Waals surface area contributed by atoms with Crippen LogP contribution in [-0.2, 0) is 0 Å². The van der Waals surface area contributed by atoms with Crippen LogP contribution in [0.4, 0.5) is 0 Å². The Kier molecular flexibility index (Phi) is 7.82. The highest BCUT2D eigenvalue weighted by Gasteiger charge is 2.20. The van der Waals surface area contributed by atoms with Crippen molar-refractivity contribution in [1.82, 2.24) is 19.1 Å². The van der Waals surface area contributed by atoms with Gasteiger partial charge in [-0.05, 0) is 88.0 Å². The van der Waals surface area contributed by atoms with Gasteiger partial charge >= 0.3 is 0 Å². The second-order valence-corrected chi connectivity index (χ2v) is 15.4.